The lowest BCUT2D eigenvalue weighted by molar-refractivity contribution is -0.141. The molecular weight excluding hydrogens is 805 g/mol. The average molecular weight is 866 g/mol. The molecule has 4 aromatic rings. The zero-order valence-electron chi connectivity index (χ0n) is 36.8. The van der Waals surface area contributed by atoms with Crippen molar-refractivity contribution in [3.63, 3.8) is 0 Å². The molecule has 1 atom stereocenters. The van der Waals surface area contributed by atoms with Gasteiger partial charge in [0.25, 0.3) is 0 Å². The van der Waals surface area contributed by atoms with Gasteiger partial charge < -0.3 is 29.1 Å². The number of carbonyl (C=O) groups excluding carboxylic acids is 3. The van der Waals surface area contributed by atoms with E-state index in [1.807, 2.05) is 19.9 Å². The van der Waals surface area contributed by atoms with Crippen LogP contribution in [0.1, 0.15) is 89.3 Å². The van der Waals surface area contributed by atoms with Crippen LogP contribution in [-0.4, -0.2) is 103 Å². The van der Waals surface area contributed by atoms with Gasteiger partial charge in [-0.15, -0.1) is 0 Å². The van der Waals surface area contributed by atoms with E-state index >= 15 is 4.39 Å². The molecule has 14 heteroatoms. The Morgan fingerprint density at radius 3 is 2.11 bits per heavy atom. The van der Waals surface area contributed by atoms with Gasteiger partial charge >= 0.3 is 6.03 Å². The second-order valence-electron chi connectivity index (χ2n) is 18.5. The molecule has 1 unspecified atom stereocenters. The number of hydrogen-bond donors (Lipinski definition) is 2. The summed E-state index contributed by atoms with van der Waals surface area (Å²) >= 11 is 0. The number of benzene rings is 3. The predicted molar refractivity (Wildman–Crippen MR) is 241 cm³/mol. The highest BCUT2D eigenvalue weighted by Gasteiger charge is 2.61. The number of urea groups is 1. The molecule has 0 radical (unpaired) electrons. The molecule has 63 heavy (non-hydrogen) atoms. The maximum Gasteiger partial charge on any atom is 0.328 e. The number of phenols is 1. The number of nitrogens with one attached hydrogen (secondary N) is 1. The van der Waals surface area contributed by atoms with Crippen LogP contribution in [0.15, 0.2) is 60.8 Å². The molecule has 1 aliphatic carbocycles. The molecule has 5 fully saturated rings. The minimum Gasteiger partial charge on any atom is -0.503 e. The highest BCUT2D eigenvalue weighted by atomic mass is 19.1. The van der Waals surface area contributed by atoms with Gasteiger partial charge in [-0.25, -0.2) is 13.6 Å². The number of anilines is 3. The van der Waals surface area contributed by atoms with Crippen LogP contribution in [0.25, 0.3) is 10.9 Å². The van der Waals surface area contributed by atoms with Crippen molar-refractivity contribution in [2.75, 3.05) is 80.7 Å². The number of ether oxygens (including phenoxy) is 1. The lowest BCUT2D eigenvalue weighted by Crippen LogP contribution is -2.63. The van der Waals surface area contributed by atoms with Gasteiger partial charge in [-0.1, -0.05) is 19.9 Å². The number of para-hydroxylation sites is 1. The molecule has 5 heterocycles. The minimum atomic E-state index is -0.835. The summed E-state index contributed by atoms with van der Waals surface area (Å²) in [4.78, 5) is 48.1. The third-order valence-corrected chi connectivity index (χ3v) is 15.2. The molecule has 0 bridgehead atoms. The topological polar surface area (TPSA) is 114 Å². The number of β-lactam (4-membered cyclic amide) rings is 1. The number of piperidine rings is 1. The van der Waals surface area contributed by atoms with E-state index in [1.54, 1.807) is 18.1 Å². The number of carbonyl (C=O) groups is 3. The number of aromatic nitrogens is 1. The van der Waals surface area contributed by atoms with Crippen LogP contribution in [0, 0.1) is 28.9 Å². The zero-order chi connectivity index (χ0) is 44.0. The van der Waals surface area contributed by atoms with Crippen LogP contribution < -0.4 is 24.8 Å². The summed E-state index contributed by atoms with van der Waals surface area (Å²) < 4.78 is 39.0. The zero-order valence-corrected chi connectivity index (χ0v) is 36.8. The molecule has 0 spiro atoms. The molecule has 5 aliphatic rings. The molecule has 4 saturated heterocycles. The summed E-state index contributed by atoms with van der Waals surface area (Å²) in [7, 11) is 1.55. The summed E-state index contributed by atoms with van der Waals surface area (Å²) in [5.74, 6) is -0.516. The van der Waals surface area contributed by atoms with Crippen LogP contribution in [-0.2, 0) is 9.59 Å². The molecule has 12 nitrogen and oxygen atoms in total. The third-order valence-electron chi connectivity index (χ3n) is 15.2. The Kier molecular flexibility index (Phi) is 12.1. The molecule has 4 aliphatic heterocycles. The molecule has 4 amide bonds. The second-order valence-corrected chi connectivity index (χ2v) is 18.5. The third kappa shape index (κ3) is 8.02. The SMILES string of the molecule is CCC1(CC)C(=O)N(c2cccc(F)c2O)C1c1cc(F)c(N2CCC(CN3CCN(CC4CCC(n5ccc6cc(N7CCC(=O)NC7=O)ccc65)CC4)CC3)CC2)cc1OC. The van der Waals surface area contributed by atoms with Gasteiger partial charge in [-0.2, -0.15) is 0 Å². The van der Waals surface area contributed by atoms with Crippen molar-refractivity contribution in [3.05, 3.63) is 78.0 Å². The number of halogens is 2. The number of piperazine rings is 1. The summed E-state index contributed by atoms with van der Waals surface area (Å²) in [5.41, 5.74) is 2.25. The molecule has 3 aromatic carbocycles. The summed E-state index contributed by atoms with van der Waals surface area (Å²) in [6.07, 6.45) is 10.2. The van der Waals surface area contributed by atoms with Crippen LogP contribution in [0.4, 0.5) is 30.6 Å². The molecular formula is C49H61F2N7O5. The van der Waals surface area contributed by atoms with Crippen molar-refractivity contribution < 1.29 is 33.0 Å². The van der Waals surface area contributed by atoms with Gasteiger partial charge in [0.2, 0.25) is 11.8 Å². The molecule has 2 N–H and O–H groups in total. The highest BCUT2D eigenvalue weighted by Crippen LogP contribution is 2.59. The van der Waals surface area contributed by atoms with Crippen molar-refractivity contribution in [1.29, 1.82) is 0 Å². The van der Waals surface area contributed by atoms with Gasteiger partial charge in [0.05, 0.1) is 29.9 Å². The minimum absolute atomic E-state index is 0.0735. The Balaban J connectivity index is 0.747. The van der Waals surface area contributed by atoms with E-state index in [9.17, 15) is 23.9 Å². The van der Waals surface area contributed by atoms with E-state index < -0.39 is 23.0 Å². The fourth-order valence-corrected chi connectivity index (χ4v) is 11.5. The van der Waals surface area contributed by atoms with E-state index in [-0.39, 0.29) is 29.4 Å². The van der Waals surface area contributed by atoms with Crippen LogP contribution in [0.3, 0.4) is 0 Å². The van der Waals surface area contributed by atoms with Gasteiger partial charge in [-0.3, -0.25) is 24.7 Å². The highest BCUT2D eigenvalue weighted by molar-refractivity contribution is 6.08. The largest absolute Gasteiger partial charge is 0.503 e. The number of amides is 4. The number of methoxy groups -OCH3 is 1. The van der Waals surface area contributed by atoms with Crippen molar-refractivity contribution >= 4 is 45.8 Å². The molecule has 9 rings (SSSR count). The fourth-order valence-electron chi connectivity index (χ4n) is 11.5. The number of imide groups is 1. The average Bonchev–Trinajstić information content (AvgIpc) is 3.72. The Morgan fingerprint density at radius 1 is 0.778 bits per heavy atom. The van der Waals surface area contributed by atoms with E-state index in [0.29, 0.717) is 60.7 Å². The first-order valence-electron chi connectivity index (χ1n) is 23.1. The molecule has 1 aromatic heterocycles. The van der Waals surface area contributed by atoms with Crippen molar-refractivity contribution in [1.82, 2.24) is 19.7 Å². The number of rotatable bonds is 12. The number of phenolic OH excluding ortho intramolecular Hbond substituents is 1. The van der Waals surface area contributed by atoms with E-state index in [4.69, 9.17) is 4.74 Å². The fraction of sp³-hybridized carbons (Fsp3) is 0.531. The molecule has 1 saturated carbocycles. The Labute approximate surface area is 368 Å². The Hall–Kier alpha value is -5.21. The maximum absolute atomic E-state index is 16.3. The van der Waals surface area contributed by atoms with Crippen molar-refractivity contribution in [2.45, 2.75) is 83.7 Å². The first-order valence-corrected chi connectivity index (χ1v) is 23.1. The number of nitrogens with zero attached hydrogens (tertiary/aromatic N) is 6. The van der Waals surface area contributed by atoms with Crippen molar-refractivity contribution in [2.24, 2.45) is 17.3 Å². The van der Waals surface area contributed by atoms with Crippen LogP contribution >= 0.6 is 0 Å². The number of aromatic hydroxyl groups is 1. The Bertz CT molecular complexity index is 2340. The van der Waals surface area contributed by atoms with Gasteiger partial charge in [-0.05, 0) is 106 Å². The summed E-state index contributed by atoms with van der Waals surface area (Å²) in [6, 6.07) is 15.1. The number of fused-ring (bicyclic) bond motifs is 1. The van der Waals surface area contributed by atoms with Crippen molar-refractivity contribution in [3.8, 4) is 11.5 Å². The van der Waals surface area contributed by atoms with E-state index in [1.165, 1.54) is 41.5 Å². The van der Waals surface area contributed by atoms with Gasteiger partial charge in [0, 0.05) is 106 Å². The normalized spacial score (nSPS) is 23.9. The van der Waals surface area contributed by atoms with Gasteiger partial charge in [0.1, 0.15) is 11.6 Å². The van der Waals surface area contributed by atoms with Crippen LogP contribution in [0.5, 0.6) is 11.5 Å². The first kappa shape index (κ1) is 43.1. The monoisotopic (exact) mass is 865 g/mol. The quantitative estimate of drug-likeness (QED) is 0.137. The van der Waals surface area contributed by atoms with E-state index in [2.05, 4.69) is 49.0 Å². The lowest BCUT2D eigenvalue weighted by atomic mass is 9.64. The summed E-state index contributed by atoms with van der Waals surface area (Å²) in [6.45, 7) is 12.3. The van der Waals surface area contributed by atoms with Crippen LogP contribution in [0.2, 0.25) is 0 Å². The Morgan fingerprint density at radius 2 is 1.46 bits per heavy atom. The first-order chi connectivity index (χ1) is 30.5. The second kappa shape index (κ2) is 17.8. The van der Waals surface area contributed by atoms with Gasteiger partial charge in [0.15, 0.2) is 11.6 Å². The standard InChI is InChI=1S/C49H61F2N7O5/c1-4-49(5-2)46(58(47(49)61)41-8-6-7-38(50)45(41)60)37-28-39(51)42(29-43(37)63-3)55-19-15-33(16-20-55)31-54-25-23-53(24-26-54)30-32-9-11-35(12-10-32)56-21-17-34-27-36(13-14-40(34)56)57-22-18-44(59)52-48(57)62/h6-8,13-14,17,21,27-29,32-33,35,46,60H,4-5,9-12,15-16,18-20,22-26,30-31H2,1-3H3,(H,52,59,62). The van der Waals surface area contributed by atoms with E-state index in [0.717, 1.165) is 95.2 Å². The smallest absolute Gasteiger partial charge is 0.328 e. The predicted octanol–water partition coefficient (Wildman–Crippen LogP) is 8.24. The summed E-state index contributed by atoms with van der Waals surface area (Å²) in [5, 5.41) is 14.1. The lowest BCUT2D eigenvalue weighted by Gasteiger charge is -2.56. The molecule has 336 valence electrons. The number of hydrogen-bond acceptors (Lipinski definition) is 8. The maximum atomic E-state index is 16.3.